The van der Waals surface area contributed by atoms with Crippen molar-refractivity contribution in [2.45, 2.75) is 32.3 Å². The molecule has 0 aliphatic heterocycles. The Morgan fingerprint density at radius 1 is 1.32 bits per heavy atom. The Morgan fingerprint density at radius 2 is 2.00 bits per heavy atom. The molecule has 0 N–H and O–H groups in total. The molecule has 2 aromatic rings. The second-order valence-corrected chi connectivity index (χ2v) is 4.61. The van der Waals surface area contributed by atoms with Crippen LogP contribution in [0.15, 0.2) is 53.9 Å². The van der Waals surface area contributed by atoms with E-state index < -0.39 is 0 Å². The molecule has 0 aliphatic rings. The van der Waals surface area contributed by atoms with Gasteiger partial charge in [0.15, 0.2) is 0 Å². The zero-order valence-electron chi connectivity index (χ0n) is 11.5. The van der Waals surface area contributed by atoms with Gasteiger partial charge in [-0.2, -0.15) is 0 Å². The summed E-state index contributed by atoms with van der Waals surface area (Å²) in [4.78, 5) is 16.5. The van der Waals surface area contributed by atoms with E-state index in [1.807, 2.05) is 54.9 Å². The molecule has 102 valence electrons. The monoisotopic (exact) mass is 277 g/mol. The lowest BCUT2D eigenvalue weighted by Gasteiger charge is -2.19. The summed E-state index contributed by atoms with van der Waals surface area (Å²) in [7, 11) is 0. The van der Waals surface area contributed by atoms with Crippen molar-refractivity contribution < 1.29 is 4.79 Å². The number of nitrogens with zero attached hydrogens (tertiary/aromatic N) is 3. The van der Waals surface area contributed by atoms with Crippen LogP contribution in [0.2, 0.25) is 0 Å². The van der Waals surface area contributed by atoms with Gasteiger partial charge >= 0.3 is 0 Å². The van der Waals surface area contributed by atoms with Crippen molar-refractivity contribution in [3.8, 4) is 0 Å². The van der Waals surface area contributed by atoms with E-state index in [1.165, 1.54) is 11.9 Å². The van der Waals surface area contributed by atoms with E-state index in [0.717, 1.165) is 4.90 Å². The third kappa shape index (κ3) is 5.18. The summed E-state index contributed by atoms with van der Waals surface area (Å²) in [5.41, 5.74) is 0. The van der Waals surface area contributed by atoms with Gasteiger partial charge in [0.25, 0.3) is 0 Å². The summed E-state index contributed by atoms with van der Waals surface area (Å²) in [6.07, 6.45) is 5.23. The molecule has 2 rings (SSSR count). The van der Waals surface area contributed by atoms with Crippen molar-refractivity contribution in [1.29, 1.82) is 0 Å². The first-order valence-electron chi connectivity index (χ1n) is 6.22. The highest BCUT2D eigenvalue weighted by molar-refractivity contribution is 7.97. The molecule has 5 heteroatoms. The molecule has 1 aromatic carbocycles. The second-order valence-electron chi connectivity index (χ2n) is 3.52. The van der Waals surface area contributed by atoms with E-state index in [1.54, 1.807) is 23.8 Å². The van der Waals surface area contributed by atoms with Crippen molar-refractivity contribution in [1.82, 2.24) is 13.9 Å². The van der Waals surface area contributed by atoms with Gasteiger partial charge < -0.3 is 4.57 Å². The largest absolute Gasteiger partial charge is 0.318 e. The molecule has 0 saturated heterocycles. The molecule has 4 nitrogen and oxygen atoms in total. The van der Waals surface area contributed by atoms with Crippen molar-refractivity contribution in [3.63, 3.8) is 0 Å². The third-order valence-corrected chi connectivity index (χ3v) is 3.24. The van der Waals surface area contributed by atoms with E-state index >= 15 is 0 Å². The molecule has 1 amide bonds. The minimum Gasteiger partial charge on any atom is -0.318 e. The van der Waals surface area contributed by atoms with Crippen molar-refractivity contribution >= 4 is 17.9 Å². The predicted molar refractivity (Wildman–Crippen MR) is 78.4 cm³/mol. The molecule has 0 spiro atoms. The molecular weight excluding hydrogens is 258 g/mol. The molecular formula is C14H19N3OS. The summed E-state index contributed by atoms with van der Waals surface area (Å²) >= 11 is 1.43. The van der Waals surface area contributed by atoms with Crippen LogP contribution in [-0.2, 0) is 11.5 Å². The summed E-state index contributed by atoms with van der Waals surface area (Å²) in [5, 5.41) is 0. The Balaban J connectivity index is 0.000000861. The smallest absolute Gasteiger partial charge is 0.231 e. The third-order valence-electron chi connectivity index (χ3n) is 2.16. The highest BCUT2D eigenvalue weighted by Crippen LogP contribution is 2.22. The standard InChI is InChI=1S/C12H13N3OS.C2H6/c1-11(16)15(10-14-8-7-13-9-14)17-12-5-3-2-4-6-12;1-2/h2-9H,10H2,1H3;1-2H3. The fourth-order valence-electron chi connectivity index (χ4n) is 1.32. The maximum atomic E-state index is 11.5. The van der Waals surface area contributed by atoms with Crippen LogP contribution in [-0.4, -0.2) is 19.8 Å². The minimum atomic E-state index is 0.0209. The van der Waals surface area contributed by atoms with Crippen molar-refractivity contribution in [2.24, 2.45) is 0 Å². The molecule has 0 bridgehead atoms. The summed E-state index contributed by atoms with van der Waals surface area (Å²) in [5.74, 6) is 0.0209. The van der Waals surface area contributed by atoms with E-state index in [9.17, 15) is 4.79 Å². The maximum absolute atomic E-state index is 11.5. The maximum Gasteiger partial charge on any atom is 0.231 e. The average molecular weight is 277 g/mol. The van der Waals surface area contributed by atoms with Crippen LogP contribution in [0.4, 0.5) is 0 Å². The number of hydrogen-bond acceptors (Lipinski definition) is 3. The summed E-state index contributed by atoms with van der Waals surface area (Å²) in [6, 6.07) is 9.83. The highest BCUT2D eigenvalue weighted by atomic mass is 32.2. The Bertz CT molecular complexity index is 471. The lowest BCUT2D eigenvalue weighted by atomic mass is 10.4. The Morgan fingerprint density at radius 3 is 2.53 bits per heavy atom. The quantitative estimate of drug-likeness (QED) is 0.804. The molecule has 0 atom stereocenters. The number of aromatic nitrogens is 2. The lowest BCUT2D eigenvalue weighted by molar-refractivity contribution is -0.124. The average Bonchev–Trinajstić information content (AvgIpc) is 2.94. The molecule has 0 radical (unpaired) electrons. The molecule has 0 fully saturated rings. The van der Waals surface area contributed by atoms with Gasteiger partial charge in [-0.1, -0.05) is 32.0 Å². The Kier molecular flexibility index (Phi) is 6.74. The lowest BCUT2D eigenvalue weighted by Crippen LogP contribution is -2.23. The van der Waals surface area contributed by atoms with Crippen molar-refractivity contribution in [3.05, 3.63) is 49.1 Å². The summed E-state index contributed by atoms with van der Waals surface area (Å²) < 4.78 is 3.55. The number of imidazole rings is 1. The SMILES string of the molecule is CC.CC(=O)N(Cn1ccnc1)Sc1ccccc1. The predicted octanol–water partition coefficient (Wildman–Crippen LogP) is 3.42. The zero-order chi connectivity index (χ0) is 14.1. The number of amides is 1. The van der Waals surface area contributed by atoms with Gasteiger partial charge in [-0.25, -0.2) is 4.98 Å². The fraction of sp³-hybridized carbons (Fsp3) is 0.286. The molecule has 0 aliphatic carbocycles. The summed E-state index contributed by atoms with van der Waals surface area (Å²) in [6.45, 7) is 6.06. The van der Waals surface area contributed by atoms with E-state index in [4.69, 9.17) is 0 Å². The highest BCUT2D eigenvalue weighted by Gasteiger charge is 2.10. The van der Waals surface area contributed by atoms with E-state index in [0.29, 0.717) is 6.67 Å². The Labute approximate surface area is 118 Å². The van der Waals surface area contributed by atoms with Crippen LogP contribution in [0.1, 0.15) is 20.8 Å². The number of hydrogen-bond donors (Lipinski definition) is 0. The van der Waals surface area contributed by atoms with Crippen LogP contribution in [0.25, 0.3) is 0 Å². The number of carbonyl (C=O) groups excluding carboxylic acids is 1. The van der Waals surface area contributed by atoms with Crippen molar-refractivity contribution in [2.75, 3.05) is 0 Å². The van der Waals surface area contributed by atoms with Crippen LogP contribution >= 0.6 is 11.9 Å². The number of rotatable bonds is 4. The molecule has 19 heavy (non-hydrogen) atoms. The van der Waals surface area contributed by atoms with E-state index in [2.05, 4.69) is 4.98 Å². The van der Waals surface area contributed by atoms with Gasteiger partial charge in [0.2, 0.25) is 5.91 Å². The fourth-order valence-corrected chi connectivity index (χ4v) is 2.17. The second kappa shape index (κ2) is 8.37. The van der Waals surface area contributed by atoms with Crippen LogP contribution in [0.5, 0.6) is 0 Å². The number of carbonyl (C=O) groups is 1. The first-order chi connectivity index (χ1) is 9.25. The van der Waals surface area contributed by atoms with Gasteiger partial charge in [0.05, 0.1) is 6.33 Å². The van der Waals surface area contributed by atoms with Gasteiger partial charge in [-0.05, 0) is 24.1 Å². The normalized spacial score (nSPS) is 9.42. The topological polar surface area (TPSA) is 38.1 Å². The van der Waals surface area contributed by atoms with Gasteiger partial charge in [0, 0.05) is 24.2 Å². The number of benzene rings is 1. The van der Waals surface area contributed by atoms with Gasteiger partial charge in [-0.15, -0.1) is 0 Å². The van der Waals surface area contributed by atoms with Gasteiger partial charge in [0.1, 0.15) is 6.67 Å². The molecule has 1 heterocycles. The van der Waals surface area contributed by atoms with E-state index in [-0.39, 0.29) is 5.91 Å². The van der Waals surface area contributed by atoms with Gasteiger partial charge in [-0.3, -0.25) is 9.10 Å². The van der Waals surface area contributed by atoms with Crippen LogP contribution < -0.4 is 0 Å². The molecule has 0 unspecified atom stereocenters. The zero-order valence-corrected chi connectivity index (χ0v) is 12.3. The first-order valence-corrected chi connectivity index (χ1v) is 7.00. The Hall–Kier alpha value is -1.75. The van der Waals surface area contributed by atoms with Crippen LogP contribution in [0.3, 0.4) is 0 Å². The minimum absolute atomic E-state index is 0.0209. The van der Waals surface area contributed by atoms with Crippen LogP contribution in [0, 0.1) is 0 Å². The first kappa shape index (κ1) is 15.3. The molecule has 1 aromatic heterocycles. The molecule has 0 saturated carbocycles.